The molecule has 0 unspecified atom stereocenters. The SMILES string of the molecule is C1CNCCNCCN1.Clc1ccccc1C(Cl)(c1ccccc1)c1ccccc1. The summed E-state index contributed by atoms with van der Waals surface area (Å²) < 4.78 is 0. The van der Waals surface area contributed by atoms with Gasteiger partial charge in [0.05, 0.1) is 0 Å². The molecule has 1 heterocycles. The summed E-state index contributed by atoms with van der Waals surface area (Å²) in [5.41, 5.74) is 2.91. The first-order valence-electron chi connectivity index (χ1n) is 10.4. The zero-order valence-corrected chi connectivity index (χ0v) is 18.6. The van der Waals surface area contributed by atoms with Gasteiger partial charge >= 0.3 is 0 Å². The molecule has 4 rings (SSSR count). The van der Waals surface area contributed by atoms with Crippen molar-refractivity contribution in [1.82, 2.24) is 16.0 Å². The molecule has 0 radical (unpaired) electrons. The van der Waals surface area contributed by atoms with Crippen molar-refractivity contribution in [3.63, 3.8) is 0 Å². The van der Waals surface area contributed by atoms with E-state index >= 15 is 0 Å². The van der Waals surface area contributed by atoms with Crippen LogP contribution in [0.3, 0.4) is 0 Å². The van der Waals surface area contributed by atoms with Crippen LogP contribution in [-0.2, 0) is 4.87 Å². The Morgan fingerprint density at radius 2 is 0.900 bits per heavy atom. The third-order valence-electron chi connectivity index (χ3n) is 5.02. The highest BCUT2D eigenvalue weighted by atomic mass is 35.5. The van der Waals surface area contributed by atoms with Crippen LogP contribution in [0.2, 0.25) is 5.02 Å². The van der Waals surface area contributed by atoms with E-state index in [9.17, 15) is 0 Å². The highest BCUT2D eigenvalue weighted by Crippen LogP contribution is 2.45. The van der Waals surface area contributed by atoms with E-state index in [0.29, 0.717) is 5.02 Å². The minimum Gasteiger partial charge on any atom is -0.314 e. The molecule has 0 aliphatic carbocycles. The van der Waals surface area contributed by atoms with Crippen molar-refractivity contribution in [3.05, 3.63) is 107 Å². The molecule has 0 bridgehead atoms. The van der Waals surface area contributed by atoms with Crippen LogP contribution in [0.4, 0.5) is 0 Å². The molecule has 3 nitrogen and oxygen atoms in total. The first-order chi connectivity index (χ1) is 14.7. The summed E-state index contributed by atoms with van der Waals surface area (Å²) in [6, 6.07) is 27.8. The van der Waals surface area contributed by atoms with E-state index in [-0.39, 0.29) is 0 Å². The van der Waals surface area contributed by atoms with Crippen molar-refractivity contribution in [1.29, 1.82) is 0 Å². The highest BCUT2D eigenvalue weighted by molar-refractivity contribution is 6.34. The van der Waals surface area contributed by atoms with Gasteiger partial charge in [-0.25, -0.2) is 0 Å². The molecule has 30 heavy (non-hydrogen) atoms. The molecular weight excluding hydrogens is 413 g/mol. The fourth-order valence-electron chi connectivity index (χ4n) is 3.46. The van der Waals surface area contributed by atoms with Gasteiger partial charge in [0.25, 0.3) is 0 Å². The molecular formula is C25H29Cl2N3. The van der Waals surface area contributed by atoms with Gasteiger partial charge in [0.1, 0.15) is 4.87 Å². The summed E-state index contributed by atoms with van der Waals surface area (Å²) in [7, 11) is 0. The average Bonchev–Trinajstić information content (AvgIpc) is 2.97. The van der Waals surface area contributed by atoms with Gasteiger partial charge in [-0.05, 0) is 17.2 Å². The lowest BCUT2D eigenvalue weighted by Gasteiger charge is -2.30. The Labute approximate surface area is 189 Å². The summed E-state index contributed by atoms with van der Waals surface area (Å²) in [5, 5.41) is 10.6. The van der Waals surface area contributed by atoms with Crippen LogP contribution < -0.4 is 16.0 Å². The standard InChI is InChI=1S/C19H14Cl2.C6H15N3/c20-18-14-8-7-13-17(18)19(21,15-9-3-1-4-10-15)16-11-5-2-6-12-16;1-2-8-5-6-9-4-3-7-1/h1-14H;7-9H,1-6H2. The van der Waals surface area contributed by atoms with E-state index in [2.05, 4.69) is 16.0 Å². The minimum absolute atomic E-state index is 0.667. The maximum absolute atomic E-state index is 7.14. The van der Waals surface area contributed by atoms with Gasteiger partial charge < -0.3 is 16.0 Å². The van der Waals surface area contributed by atoms with Gasteiger partial charge in [-0.3, -0.25) is 0 Å². The summed E-state index contributed by atoms with van der Waals surface area (Å²) in [5.74, 6) is 0. The number of benzene rings is 3. The predicted octanol–water partition coefficient (Wildman–Crippen LogP) is 4.64. The van der Waals surface area contributed by atoms with E-state index in [1.54, 1.807) is 0 Å². The fraction of sp³-hybridized carbons (Fsp3) is 0.280. The second-order valence-corrected chi connectivity index (χ2v) is 8.09. The number of rotatable bonds is 3. The maximum atomic E-state index is 7.14. The lowest BCUT2D eigenvalue weighted by atomic mass is 9.84. The summed E-state index contributed by atoms with van der Waals surface area (Å²) in [4.78, 5) is -0.791. The minimum atomic E-state index is -0.791. The van der Waals surface area contributed by atoms with Crippen molar-refractivity contribution in [2.24, 2.45) is 0 Å². The van der Waals surface area contributed by atoms with Gasteiger partial charge in [-0.2, -0.15) is 0 Å². The van der Waals surface area contributed by atoms with Crippen molar-refractivity contribution >= 4 is 23.2 Å². The molecule has 1 aliphatic heterocycles. The van der Waals surface area contributed by atoms with Crippen molar-refractivity contribution in [2.45, 2.75) is 4.87 Å². The molecule has 5 heteroatoms. The van der Waals surface area contributed by atoms with E-state index in [4.69, 9.17) is 23.2 Å². The van der Waals surface area contributed by atoms with Crippen molar-refractivity contribution in [3.8, 4) is 0 Å². The van der Waals surface area contributed by atoms with Crippen LogP contribution in [0.5, 0.6) is 0 Å². The summed E-state index contributed by atoms with van der Waals surface area (Å²) in [6.45, 7) is 6.59. The van der Waals surface area contributed by atoms with Gasteiger partial charge in [0.15, 0.2) is 0 Å². The zero-order chi connectivity index (χ0) is 21.1. The molecule has 1 aliphatic rings. The Kier molecular flexibility index (Phi) is 9.19. The van der Waals surface area contributed by atoms with Crippen molar-refractivity contribution < 1.29 is 0 Å². The smallest absolute Gasteiger partial charge is 0.121 e. The molecule has 158 valence electrons. The second-order valence-electron chi connectivity index (χ2n) is 7.12. The van der Waals surface area contributed by atoms with Crippen LogP contribution in [0.15, 0.2) is 84.9 Å². The second kappa shape index (κ2) is 12.1. The number of hydrogen-bond acceptors (Lipinski definition) is 3. The van der Waals surface area contributed by atoms with Crippen LogP contribution in [0, 0.1) is 0 Å². The largest absolute Gasteiger partial charge is 0.314 e. The Morgan fingerprint density at radius 1 is 0.533 bits per heavy atom. The highest BCUT2D eigenvalue weighted by Gasteiger charge is 2.35. The van der Waals surface area contributed by atoms with Gasteiger partial charge in [-0.15, -0.1) is 11.6 Å². The van der Waals surface area contributed by atoms with Crippen LogP contribution in [-0.4, -0.2) is 39.3 Å². The van der Waals surface area contributed by atoms with E-state index in [0.717, 1.165) is 56.0 Å². The topological polar surface area (TPSA) is 36.1 Å². The Hall–Kier alpha value is -1.88. The molecule has 3 aromatic rings. The maximum Gasteiger partial charge on any atom is 0.121 e. The first-order valence-corrected chi connectivity index (χ1v) is 11.2. The lowest BCUT2D eigenvalue weighted by Crippen LogP contribution is -2.27. The molecule has 1 saturated heterocycles. The quantitative estimate of drug-likeness (QED) is 0.409. The van der Waals surface area contributed by atoms with Crippen LogP contribution in [0.1, 0.15) is 16.7 Å². The summed E-state index contributed by atoms with van der Waals surface area (Å²) in [6.07, 6.45) is 0. The molecule has 3 N–H and O–H groups in total. The fourth-order valence-corrected chi connectivity index (χ4v) is 4.20. The molecule has 0 aromatic heterocycles. The van der Waals surface area contributed by atoms with E-state index in [1.165, 1.54) is 0 Å². The first kappa shape index (κ1) is 22.8. The predicted molar refractivity (Wildman–Crippen MR) is 129 cm³/mol. The monoisotopic (exact) mass is 441 g/mol. The Morgan fingerprint density at radius 3 is 1.30 bits per heavy atom. The third-order valence-corrected chi connectivity index (χ3v) is 5.99. The Balaban J connectivity index is 0.000000239. The lowest BCUT2D eigenvalue weighted by molar-refractivity contribution is 0.652. The van der Waals surface area contributed by atoms with E-state index < -0.39 is 4.87 Å². The summed E-state index contributed by atoms with van der Waals surface area (Å²) >= 11 is 13.6. The zero-order valence-electron chi connectivity index (χ0n) is 17.1. The van der Waals surface area contributed by atoms with Crippen molar-refractivity contribution in [2.75, 3.05) is 39.3 Å². The average molecular weight is 442 g/mol. The third kappa shape index (κ3) is 6.07. The molecule has 0 amide bonds. The number of hydrogen-bond donors (Lipinski definition) is 3. The molecule has 0 saturated carbocycles. The van der Waals surface area contributed by atoms with Crippen LogP contribution >= 0.6 is 23.2 Å². The molecule has 3 aromatic carbocycles. The van der Waals surface area contributed by atoms with Gasteiger partial charge in [-0.1, -0.05) is 90.5 Å². The molecule has 0 spiro atoms. The molecule has 1 fully saturated rings. The van der Waals surface area contributed by atoms with E-state index in [1.807, 2.05) is 84.9 Å². The Bertz CT molecular complexity index is 804. The normalized spacial score (nSPS) is 15.1. The van der Waals surface area contributed by atoms with Gasteiger partial charge in [0.2, 0.25) is 0 Å². The number of nitrogens with one attached hydrogen (secondary N) is 3. The number of alkyl halides is 1. The van der Waals surface area contributed by atoms with Gasteiger partial charge in [0, 0.05) is 49.9 Å². The van der Waals surface area contributed by atoms with Crippen LogP contribution in [0.25, 0.3) is 0 Å². The number of halogens is 2. The molecule has 0 atom stereocenters.